The summed E-state index contributed by atoms with van der Waals surface area (Å²) >= 11 is 6.03. The molecular formula is C22H24ClNO3. The van der Waals surface area contributed by atoms with Crippen molar-refractivity contribution in [2.45, 2.75) is 33.2 Å². The molecular weight excluding hydrogens is 362 g/mol. The molecule has 0 saturated carbocycles. The zero-order valence-electron chi connectivity index (χ0n) is 16.2. The van der Waals surface area contributed by atoms with Crippen molar-refractivity contribution in [3.63, 3.8) is 0 Å². The molecule has 0 saturated heterocycles. The van der Waals surface area contributed by atoms with E-state index in [1.165, 1.54) is 0 Å². The summed E-state index contributed by atoms with van der Waals surface area (Å²) in [6, 6.07) is 9.68. The van der Waals surface area contributed by atoms with Gasteiger partial charge in [0.1, 0.15) is 11.3 Å². The van der Waals surface area contributed by atoms with Gasteiger partial charge in [-0.25, -0.2) is 0 Å². The normalized spacial score (nSPS) is 19.6. The van der Waals surface area contributed by atoms with Crippen molar-refractivity contribution in [1.82, 2.24) is 5.32 Å². The van der Waals surface area contributed by atoms with E-state index in [2.05, 4.69) is 5.32 Å². The number of rotatable bonds is 4. The quantitative estimate of drug-likeness (QED) is 0.799. The Kier molecular flexibility index (Phi) is 5.06. The standard InChI is InChI=1S/C22H24ClNO3/c1-12-10-13(2)18(14(3)17(12)15-6-8-16(23)9-7-15)19-20(25)22(4,11-27-5)24-21(19)26/h6-10,25H,11H2,1-5H3,(H,24,26). The van der Waals surface area contributed by atoms with E-state index in [0.717, 1.165) is 33.4 Å². The van der Waals surface area contributed by atoms with E-state index in [9.17, 15) is 9.90 Å². The first-order valence-corrected chi connectivity index (χ1v) is 9.19. The molecule has 142 valence electrons. The maximum atomic E-state index is 12.8. The van der Waals surface area contributed by atoms with Crippen LogP contribution in [0.25, 0.3) is 16.7 Å². The van der Waals surface area contributed by atoms with Gasteiger partial charge in [-0.2, -0.15) is 0 Å². The first kappa shape index (κ1) is 19.5. The van der Waals surface area contributed by atoms with E-state index in [4.69, 9.17) is 16.3 Å². The molecule has 2 N–H and O–H groups in total. The second kappa shape index (κ2) is 7.02. The summed E-state index contributed by atoms with van der Waals surface area (Å²) in [4.78, 5) is 12.8. The van der Waals surface area contributed by atoms with Crippen LogP contribution in [0.3, 0.4) is 0 Å². The summed E-state index contributed by atoms with van der Waals surface area (Å²) in [5.41, 5.74) is 5.23. The van der Waals surface area contributed by atoms with Crippen LogP contribution in [0, 0.1) is 20.8 Å². The number of aryl methyl sites for hydroxylation is 2. The summed E-state index contributed by atoms with van der Waals surface area (Å²) in [7, 11) is 1.55. The number of hydrogen-bond donors (Lipinski definition) is 2. The fourth-order valence-electron chi connectivity index (χ4n) is 4.01. The van der Waals surface area contributed by atoms with Crippen LogP contribution in [0.4, 0.5) is 0 Å². The lowest BCUT2D eigenvalue weighted by Gasteiger charge is -2.23. The van der Waals surface area contributed by atoms with Crippen molar-refractivity contribution in [3.05, 3.63) is 63.4 Å². The van der Waals surface area contributed by atoms with Gasteiger partial charge in [0.15, 0.2) is 0 Å². The highest BCUT2D eigenvalue weighted by Gasteiger charge is 2.43. The van der Waals surface area contributed by atoms with E-state index in [1.54, 1.807) is 14.0 Å². The van der Waals surface area contributed by atoms with Gasteiger partial charge in [0.05, 0.1) is 12.2 Å². The van der Waals surface area contributed by atoms with E-state index in [-0.39, 0.29) is 18.3 Å². The number of methoxy groups -OCH3 is 1. The summed E-state index contributed by atoms with van der Waals surface area (Å²) in [5.74, 6) is -0.268. The second-order valence-electron chi connectivity index (χ2n) is 7.34. The molecule has 0 fully saturated rings. The summed E-state index contributed by atoms with van der Waals surface area (Å²) in [6.07, 6.45) is 0. The Balaban J connectivity index is 2.26. The number of aliphatic hydroxyl groups is 1. The van der Waals surface area contributed by atoms with E-state index in [1.807, 2.05) is 51.1 Å². The molecule has 1 amide bonds. The van der Waals surface area contributed by atoms with Gasteiger partial charge in [0.25, 0.3) is 5.91 Å². The lowest BCUT2D eigenvalue weighted by Crippen LogP contribution is -2.45. The minimum absolute atomic E-state index is 0.0199. The molecule has 4 nitrogen and oxygen atoms in total. The largest absolute Gasteiger partial charge is 0.509 e. The Morgan fingerprint density at radius 1 is 1.11 bits per heavy atom. The zero-order chi connectivity index (χ0) is 19.9. The highest BCUT2D eigenvalue weighted by Crippen LogP contribution is 2.39. The smallest absolute Gasteiger partial charge is 0.256 e. The zero-order valence-corrected chi connectivity index (χ0v) is 17.0. The maximum absolute atomic E-state index is 12.8. The van der Waals surface area contributed by atoms with Crippen molar-refractivity contribution >= 4 is 23.1 Å². The predicted octanol–water partition coefficient (Wildman–Crippen LogP) is 4.74. The molecule has 0 aromatic heterocycles. The molecule has 0 aliphatic carbocycles. The second-order valence-corrected chi connectivity index (χ2v) is 7.77. The van der Waals surface area contributed by atoms with Crippen LogP contribution in [0.15, 0.2) is 36.1 Å². The average molecular weight is 386 g/mol. The lowest BCUT2D eigenvalue weighted by molar-refractivity contribution is -0.116. The topological polar surface area (TPSA) is 58.6 Å². The fraction of sp³-hybridized carbons (Fsp3) is 0.318. The average Bonchev–Trinajstić information content (AvgIpc) is 2.80. The highest BCUT2D eigenvalue weighted by atomic mass is 35.5. The van der Waals surface area contributed by atoms with Crippen LogP contribution in [0.5, 0.6) is 0 Å². The van der Waals surface area contributed by atoms with Crippen molar-refractivity contribution in [2.75, 3.05) is 13.7 Å². The molecule has 27 heavy (non-hydrogen) atoms. The van der Waals surface area contributed by atoms with Gasteiger partial charge in [-0.1, -0.05) is 29.8 Å². The first-order valence-electron chi connectivity index (χ1n) is 8.82. The van der Waals surface area contributed by atoms with Crippen molar-refractivity contribution in [1.29, 1.82) is 0 Å². The molecule has 1 unspecified atom stereocenters. The van der Waals surface area contributed by atoms with Crippen molar-refractivity contribution in [3.8, 4) is 11.1 Å². The summed E-state index contributed by atoms with van der Waals surface area (Å²) in [5, 5.41) is 14.4. The number of carbonyl (C=O) groups is 1. The van der Waals surface area contributed by atoms with Crippen LogP contribution in [-0.2, 0) is 9.53 Å². The minimum Gasteiger partial charge on any atom is -0.509 e. The third-order valence-electron chi connectivity index (χ3n) is 5.16. The predicted molar refractivity (Wildman–Crippen MR) is 109 cm³/mol. The Bertz CT molecular complexity index is 947. The monoisotopic (exact) mass is 385 g/mol. The number of ether oxygens (including phenoxy) is 1. The van der Waals surface area contributed by atoms with Crippen LogP contribution < -0.4 is 5.32 Å². The van der Waals surface area contributed by atoms with Crippen LogP contribution >= 0.6 is 11.6 Å². The van der Waals surface area contributed by atoms with Gasteiger partial charge in [-0.3, -0.25) is 4.79 Å². The van der Waals surface area contributed by atoms with Gasteiger partial charge >= 0.3 is 0 Å². The Morgan fingerprint density at radius 2 is 1.70 bits per heavy atom. The molecule has 1 heterocycles. The first-order chi connectivity index (χ1) is 12.7. The number of benzene rings is 2. The molecule has 0 spiro atoms. The van der Waals surface area contributed by atoms with Gasteiger partial charge in [-0.05, 0) is 73.2 Å². The Morgan fingerprint density at radius 3 is 2.30 bits per heavy atom. The van der Waals surface area contributed by atoms with Gasteiger partial charge in [-0.15, -0.1) is 0 Å². The lowest BCUT2D eigenvalue weighted by atomic mass is 9.85. The molecule has 2 aromatic carbocycles. The fourth-order valence-corrected chi connectivity index (χ4v) is 4.14. The molecule has 3 rings (SSSR count). The number of aliphatic hydroxyl groups excluding tert-OH is 1. The molecule has 5 heteroatoms. The molecule has 1 atom stereocenters. The molecule has 2 aromatic rings. The third kappa shape index (κ3) is 3.24. The third-order valence-corrected chi connectivity index (χ3v) is 5.42. The maximum Gasteiger partial charge on any atom is 0.256 e. The van der Waals surface area contributed by atoms with Crippen LogP contribution in [0.1, 0.15) is 29.2 Å². The Hall–Kier alpha value is -2.30. The van der Waals surface area contributed by atoms with E-state index < -0.39 is 5.54 Å². The Labute approximate surface area is 164 Å². The molecule has 0 bridgehead atoms. The highest BCUT2D eigenvalue weighted by molar-refractivity contribution is 6.30. The number of amides is 1. The summed E-state index contributed by atoms with van der Waals surface area (Å²) < 4.78 is 5.19. The van der Waals surface area contributed by atoms with E-state index in [0.29, 0.717) is 10.6 Å². The number of nitrogens with one attached hydrogen (secondary N) is 1. The molecule has 0 radical (unpaired) electrons. The van der Waals surface area contributed by atoms with Crippen molar-refractivity contribution in [2.24, 2.45) is 0 Å². The van der Waals surface area contributed by atoms with Gasteiger partial charge in [0.2, 0.25) is 0 Å². The minimum atomic E-state index is -0.925. The number of carbonyl (C=O) groups excluding carboxylic acids is 1. The van der Waals surface area contributed by atoms with Crippen LogP contribution in [0.2, 0.25) is 5.02 Å². The summed E-state index contributed by atoms with van der Waals surface area (Å²) in [6.45, 7) is 7.95. The van der Waals surface area contributed by atoms with Gasteiger partial charge in [0, 0.05) is 12.1 Å². The van der Waals surface area contributed by atoms with Crippen LogP contribution in [-0.4, -0.2) is 30.3 Å². The number of halogens is 1. The molecule has 1 aliphatic rings. The number of hydrogen-bond acceptors (Lipinski definition) is 3. The van der Waals surface area contributed by atoms with Crippen molar-refractivity contribution < 1.29 is 14.6 Å². The molecule has 1 aliphatic heterocycles. The van der Waals surface area contributed by atoms with E-state index >= 15 is 0 Å². The van der Waals surface area contributed by atoms with Gasteiger partial charge < -0.3 is 15.2 Å². The SMILES string of the molecule is COCC1(C)NC(=O)C(c2c(C)cc(C)c(-c3ccc(Cl)cc3)c2C)=C1O.